The summed E-state index contributed by atoms with van der Waals surface area (Å²) in [5, 5.41) is 0. The zero-order chi connectivity index (χ0) is 11.1. The van der Waals surface area contributed by atoms with Gasteiger partial charge in [0, 0.05) is 6.04 Å². The molecule has 2 nitrogen and oxygen atoms in total. The highest BCUT2D eigenvalue weighted by Crippen LogP contribution is 2.69. The van der Waals surface area contributed by atoms with Crippen LogP contribution in [0.2, 0.25) is 0 Å². The van der Waals surface area contributed by atoms with Gasteiger partial charge in [0.15, 0.2) is 0 Å². The van der Waals surface area contributed by atoms with Crippen molar-refractivity contribution in [1.29, 1.82) is 0 Å². The van der Waals surface area contributed by atoms with Crippen molar-refractivity contribution >= 4 is 0 Å². The second kappa shape index (κ2) is 3.35. The van der Waals surface area contributed by atoms with Crippen LogP contribution in [0.25, 0.3) is 0 Å². The first-order valence-corrected chi connectivity index (χ1v) is 5.35. The van der Waals surface area contributed by atoms with Crippen LogP contribution in [0.5, 0.6) is 0 Å². The maximum atomic E-state index is 5.61. The lowest BCUT2D eigenvalue weighted by Crippen LogP contribution is -2.38. The summed E-state index contributed by atoms with van der Waals surface area (Å²) in [6, 6.07) is 0.373. The van der Waals surface area contributed by atoms with Crippen molar-refractivity contribution < 1.29 is 0 Å². The fourth-order valence-electron chi connectivity index (χ4n) is 2.90. The average Bonchev–Trinajstić information content (AvgIpc) is 2.39. The van der Waals surface area contributed by atoms with Crippen LogP contribution in [0.1, 0.15) is 41.0 Å². The van der Waals surface area contributed by atoms with E-state index in [1.165, 1.54) is 5.57 Å². The Labute approximate surface area is 87.9 Å². The van der Waals surface area contributed by atoms with Crippen molar-refractivity contribution in [2.45, 2.75) is 47.1 Å². The minimum Gasteiger partial charge on any atom is -0.271 e. The molecule has 0 spiro atoms. The highest BCUT2D eigenvalue weighted by Gasteiger charge is 2.66. The summed E-state index contributed by atoms with van der Waals surface area (Å²) in [5.74, 6) is 6.26. The molecule has 1 aliphatic rings. The summed E-state index contributed by atoms with van der Waals surface area (Å²) in [7, 11) is 0. The quantitative estimate of drug-likeness (QED) is 0.412. The molecule has 0 bridgehead atoms. The van der Waals surface area contributed by atoms with E-state index >= 15 is 0 Å². The summed E-state index contributed by atoms with van der Waals surface area (Å²) >= 11 is 0. The smallest absolute Gasteiger partial charge is 0.0286 e. The maximum Gasteiger partial charge on any atom is 0.0286 e. The van der Waals surface area contributed by atoms with Gasteiger partial charge < -0.3 is 0 Å². The molecule has 82 valence electrons. The van der Waals surface area contributed by atoms with Gasteiger partial charge in [0.05, 0.1) is 0 Å². The first-order valence-electron chi connectivity index (χ1n) is 5.35. The molecule has 1 unspecified atom stereocenters. The second-order valence-electron chi connectivity index (χ2n) is 5.86. The van der Waals surface area contributed by atoms with E-state index in [9.17, 15) is 0 Å². The normalized spacial score (nSPS) is 25.9. The monoisotopic (exact) mass is 196 g/mol. The lowest BCUT2D eigenvalue weighted by Gasteiger charge is -2.18. The number of nitrogens with one attached hydrogen (secondary N) is 1. The van der Waals surface area contributed by atoms with Crippen molar-refractivity contribution in [3.63, 3.8) is 0 Å². The maximum absolute atomic E-state index is 5.61. The van der Waals surface area contributed by atoms with Crippen LogP contribution < -0.4 is 11.3 Å². The zero-order valence-corrected chi connectivity index (χ0v) is 10.1. The van der Waals surface area contributed by atoms with Crippen LogP contribution in [0.4, 0.5) is 0 Å². The van der Waals surface area contributed by atoms with E-state index < -0.39 is 0 Å². The highest BCUT2D eigenvalue weighted by atomic mass is 15.2. The van der Waals surface area contributed by atoms with E-state index in [0.717, 1.165) is 6.42 Å². The standard InChI is InChI=1S/C12H24N2/c1-8(2)7-9(14-13)10-11(3,4)12(10,5)6/h9-10,14H,1,7,13H2,2-6H3. The Morgan fingerprint density at radius 2 is 1.79 bits per heavy atom. The summed E-state index contributed by atoms with van der Waals surface area (Å²) in [6.45, 7) is 15.3. The lowest BCUT2D eigenvalue weighted by molar-refractivity contribution is 0.401. The van der Waals surface area contributed by atoms with Crippen LogP contribution in [-0.4, -0.2) is 6.04 Å². The predicted molar refractivity (Wildman–Crippen MR) is 61.6 cm³/mol. The number of hydrogen-bond acceptors (Lipinski definition) is 2. The number of hydrazine groups is 1. The molecule has 0 aromatic rings. The molecule has 0 aromatic heterocycles. The van der Waals surface area contributed by atoms with E-state index in [2.05, 4.69) is 46.6 Å². The van der Waals surface area contributed by atoms with Crippen molar-refractivity contribution in [3.8, 4) is 0 Å². The van der Waals surface area contributed by atoms with Gasteiger partial charge in [-0.3, -0.25) is 11.3 Å². The molecule has 0 aromatic carbocycles. The number of hydrogen-bond donors (Lipinski definition) is 2. The Kier molecular flexibility index (Phi) is 2.81. The van der Waals surface area contributed by atoms with E-state index in [0.29, 0.717) is 22.8 Å². The third kappa shape index (κ3) is 1.61. The molecule has 1 atom stereocenters. The van der Waals surface area contributed by atoms with E-state index in [-0.39, 0.29) is 0 Å². The molecule has 0 amide bonds. The highest BCUT2D eigenvalue weighted by molar-refractivity contribution is 5.17. The van der Waals surface area contributed by atoms with Gasteiger partial charge >= 0.3 is 0 Å². The van der Waals surface area contributed by atoms with Gasteiger partial charge in [0.25, 0.3) is 0 Å². The van der Waals surface area contributed by atoms with Crippen molar-refractivity contribution in [2.75, 3.05) is 0 Å². The second-order valence-corrected chi connectivity index (χ2v) is 5.86. The van der Waals surface area contributed by atoms with Gasteiger partial charge in [-0.1, -0.05) is 33.3 Å². The van der Waals surface area contributed by atoms with Crippen LogP contribution in [-0.2, 0) is 0 Å². The molecule has 2 heteroatoms. The third-order valence-corrected chi connectivity index (χ3v) is 4.32. The van der Waals surface area contributed by atoms with Crippen LogP contribution in [0.3, 0.4) is 0 Å². The molecule has 0 saturated heterocycles. The first kappa shape index (κ1) is 11.7. The van der Waals surface area contributed by atoms with Crippen LogP contribution in [0, 0.1) is 16.7 Å². The number of rotatable bonds is 4. The Morgan fingerprint density at radius 3 is 2.00 bits per heavy atom. The molecule has 1 saturated carbocycles. The molecule has 1 rings (SSSR count). The summed E-state index contributed by atoms with van der Waals surface area (Å²) < 4.78 is 0. The molecule has 0 aliphatic heterocycles. The van der Waals surface area contributed by atoms with E-state index in [1.807, 2.05) is 0 Å². The Hall–Kier alpha value is -0.340. The molecule has 0 heterocycles. The van der Waals surface area contributed by atoms with Crippen LogP contribution >= 0.6 is 0 Å². The summed E-state index contributed by atoms with van der Waals surface area (Å²) in [6.07, 6.45) is 0.980. The van der Waals surface area contributed by atoms with Gasteiger partial charge in [-0.2, -0.15) is 0 Å². The van der Waals surface area contributed by atoms with Gasteiger partial charge in [0.2, 0.25) is 0 Å². The molecular weight excluding hydrogens is 172 g/mol. The minimum atomic E-state index is 0.373. The minimum absolute atomic E-state index is 0.373. The van der Waals surface area contributed by atoms with Crippen molar-refractivity contribution in [1.82, 2.24) is 5.43 Å². The Morgan fingerprint density at radius 1 is 1.36 bits per heavy atom. The molecule has 0 radical (unpaired) electrons. The first-order chi connectivity index (χ1) is 6.25. The third-order valence-electron chi connectivity index (χ3n) is 4.32. The summed E-state index contributed by atoms with van der Waals surface area (Å²) in [4.78, 5) is 0. The predicted octanol–water partition coefficient (Wildman–Crippen LogP) is 2.47. The van der Waals surface area contributed by atoms with Gasteiger partial charge in [-0.15, -0.1) is 6.58 Å². The molecule has 14 heavy (non-hydrogen) atoms. The molecule has 1 aliphatic carbocycles. The Balaban J connectivity index is 2.70. The molecule has 3 N–H and O–H groups in total. The topological polar surface area (TPSA) is 38.0 Å². The van der Waals surface area contributed by atoms with Gasteiger partial charge in [-0.05, 0) is 30.1 Å². The molecule has 1 fully saturated rings. The SMILES string of the molecule is C=C(C)CC(NN)C1C(C)(C)C1(C)C. The van der Waals surface area contributed by atoms with Gasteiger partial charge in [-0.25, -0.2) is 0 Å². The zero-order valence-electron chi connectivity index (χ0n) is 10.1. The fraction of sp³-hybridized carbons (Fsp3) is 0.833. The Bertz CT molecular complexity index is 227. The van der Waals surface area contributed by atoms with E-state index in [4.69, 9.17) is 5.84 Å². The van der Waals surface area contributed by atoms with Gasteiger partial charge in [0.1, 0.15) is 0 Å². The van der Waals surface area contributed by atoms with Crippen LogP contribution in [0.15, 0.2) is 12.2 Å². The fourth-order valence-corrected chi connectivity index (χ4v) is 2.90. The summed E-state index contributed by atoms with van der Waals surface area (Å²) in [5.41, 5.74) is 4.92. The van der Waals surface area contributed by atoms with Crippen molar-refractivity contribution in [3.05, 3.63) is 12.2 Å². The van der Waals surface area contributed by atoms with E-state index in [1.54, 1.807) is 0 Å². The lowest BCUT2D eigenvalue weighted by atomic mass is 9.99. The average molecular weight is 196 g/mol. The number of nitrogens with two attached hydrogens (primary N) is 1. The van der Waals surface area contributed by atoms with Crippen molar-refractivity contribution in [2.24, 2.45) is 22.6 Å². The molecular formula is C12H24N2. The largest absolute Gasteiger partial charge is 0.271 e.